The molecule has 1 aliphatic rings. The van der Waals surface area contributed by atoms with Crippen molar-refractivity contribution in [2.24, 2.45) is 5.92 Å². The van der Waals surface area contributed by atoms with Gasteiger partial charge in [-0.1, -0.05) is 6.42 Å². The van der Waals surface area contributed by atoms with Gasteiger partial charge in [-0.15, -0.1) is 0 Å². The van der Waals surface area contributed by atoms with Crippen LogP contribution >= 0.6 is 0 Å². The summed E-state index contributed by atoms with van der Waals surface area (Å²) in [5, 5.41) is 0. The van der Waals surface area contributed by atoms with Gasteiger partial charge >= 0.3 is 0 Å². The highest BCUT2D eigenvalue weighted by Crippen LogP contribution is 2.31. The molecule has 2 rings (SSSR count). The second kappa shape index (κ2) is 6.01. The summed E-state index contributed by atoms with van der Waals surface area (Å²) >= 11 is 0. The smallest absolute Gasteiger partial charge is 0.240 e. The zero-order valence-corrected chi connectivity index (χ0v) is 12.9. The van der Waals surface area contributed by atoms with Crippen molar-refractivity contribution >= 4 is 21.4 Å². The Balaban J connectivity index is 2.23. The van der Waals surface area contributed by atoms with E-state index < -0.39 is 10.0 Å². The third-order valence-corrected chi connectivity index (χ3v) is 5.42. The number of hydrogen-bond donors (Lipinski definition) is 2. The van der Waals surface area contributed by atoms with Crippen molar-refractivity contribution in [2.75, 3.05) is 30.8 Å². The van der Waals surface area contributed by atoms with Crippen LogP contribution in [0.4, 0.5) is 11.4 Å². The van der Waals surface area contributed by atoms with Gasteiger partial charge in [-0.3, -0.25) is 0 Å². The highest BCUT2D eigenvalue weighted by molar-refractivity contribution is 7.89. The summed E-state index contributed by atoms with van der Waals surface area (Å²) in [7, 11) is -2.04. The Morgan fingerprint density at radius 3 is 2.55 bits per heavy atom. The number of nitrogens with two attached hydrogens (primary N) is 1. The molecular weight excluding hydrogens is 274 g/mol. The van der Waals surface area contributed by atoms with Crippen molar-refractivity contribution in [3.63, 3.8) is 0 Å². The van der Waals surface area contributed by atoms with Gasteiger partial charge in [0.05, 0.1) is 16.3 Å². The zero-order valence-electron chi connectivity index (χ0n) is 12.1. The van der Waals surface area contributed by atoms with Gasteiger partial charge in [-0.25, -0.2) is 13.1 Å². The Morgan fingerprint density at radius 2 is 2.10 bits per heavy atom. The molecule has 0 atom stereocenters. The average molecular weight is 297 g/mol. The lowest BCUT2D eigenvalue weighted by molar-refractivity contribution is 0.318. The van der Waals surface area contributed by atoms with E-state index in [1.165, 1.54) is 32.4 Å². The second-order valence-electron chi connectivity index (χ2n) is 5.26. The minimum atomic E-state index is -3.43. The van der Waals surface area contributed by atoms with E-state index in [2.05, 4.69) is 16.5 Å². The number of rotatable bonds is 6. The number of anilines is 2. The van der Waals surface area contributed by atoms with Gasteiger partial charge in [0.1, 0.15) is 0 Å². The monoisotopic (exact) mass is 297 g/mol. The molecule has 0 bridgehead atoms. The van der Waals surface area contributed by atoms with Crippen molar-refractivity contribution in [1.29, 1.82) is 0 Å². The van der Waals surface area contributed by atoms with Gasteiger partial charge in [0.15, 0.2) is 0 Å². The Hall–Kier alpha value is -1.27. The normalized spacial score (nSPS) is 15.9. The summed E-state index contributed by atoms with van der Waals surface area (Å²) in [5.41, 5.74) is 7.49. The Morgan fingerprint density at radius 1 is 1.40 bits per heavy atom. The Kier molecular flexibility index (Phi) is 4.55. The van der Waals surface area contributed by atoms with Gasteiger partial charge in [-0.2, -0.15) is 0 Å². The van der Waals surface area contributed by atoms with Crippen molar-refractivity contribution < 1.29 is 8.42 Å². The summed E-state index contributed by atoms with van der Waals surface area (Å²) < 4.78 is 25.8. The topological polar surface area (TPSA) is 75.4 Å². The number of hydrogen-bond acceptors (Lipinski definition) is 4. The summed E-state index contributed by atoms with van der Waals surface area (Å²) in [4.78, 5) is 2.44. The molecule has 1 aromatic carbocycles. The third kappa shape index (κ3) is 3.07. The molecule has 0 amide bonds. The molecule has 0 radical (unpaired) electrons. The molecule has 0 heterocycles. The van der Waals surface area contributed by atoms with Crippen LogP contribution in [0.15, 0.2) is 23.1 Å². The van der Waals surface area contributed by atoms with E-state index in [0.717, 1.165) is 24.7 Å². The van der Waals surface area contributed by atoms with Crippen molar-refractivity contribution in [3.8, 4) is 0 Å². The average Bonchev–Trinajstić information content (AvgIpc) is 2.38. The summed E-state index contributed by atoms with van der Waals surface area (Å²) in [6.07, 6.45) is 3.88. The summed E-state index contributed by atoms with van der Waals surface area (Å²) in [6.45, 7) is 3.97. The van der Waals surface area contributed by atoms with E-state index in [-0.39, 0.29) is 4.90 Å². The van der Waals surface area contributed by atoms with Gasteiger partial charge in [0.2, 0.25) is 10.0 Å². The lowest BCUT2D eigenvalue weighted by Crippen LogP contribution is -2.33. The fourth-order valence-corrected chi connectivity index (χ4v) is 3.26. The minimum absolute atomic E-state index is 0.209. The first-order valence-corrected chi connectivity index (χ1v) is 8.54. The van der Waals surface area contributed by atoms with Crippen LogP contribution in [0.3, 0.4) is 0 Å². The fraction of sp³-hybridized carbons (Fsp3) is 0.571. The van der Waals surface area contributed by atoms with Crippen LogP contribution in [0.2, 0.25) is 0 Å². The predicted octanol–water partition coefficient (Wildman–Crippen LogP) is 1.80. The summed E-state index contributed by atoms with van der Waals surface area (Å²) in [5.74, 6) is 0.745. The van der Waals surface area contributed by atoms with Crippen molar-refractivity contribution in [1.82, 2.24) is 4.72 Å². The lowest BCUT2D eigenvalue weighted by Gasteiger charge is -2.33. The predicted molar refractivity (Wildman–Crippen MR) is 82.3 cm³/mol. The van der Waals surface area contributed by atoms with Crippen LogP contribution in [-0.4, -0.2) is 28.6 Å². The molecule has 112 valence electrons. The SMILES string of the molecule is CCN(CC1CCC1)c1ccc(S(=O)(=O)NC)cc1N. The van der Waals surface area contributed by atoms with E-state index in [4.69, 9.17) is 5.73 Å². The van der Waals surface area contributed by atoms with E-state index in [0.29, 0.717) is 5.69 Å². The molecule has 0 aromatic heterocycles. The maximum Gasteiger partial charge on any atom is 0.240 e. The third-order valence-electron chi connectivity index (χ3n) is 4.00. The van der Waals surface area contributed by atoms with Crippen LogP contribution in [0, 0.1) is 5.92 Å². The quantitative estimate of drug-likeness (QED) is 0.785. The van der Waals surface area contributed by atoms with Crippen LogP contribution in [0.1, 0.15) is 26.2 Å². The van der Waals surface area contributed by atoms with E-state index in [1.54, 1.807) is 6.07 Å². The highest BCUT2D eigenvalue weighted by atomic mass is 32.2. The Bertz CT molecular complexity index is 568. The molecule has 0 saturated heterocycles. The molecule has 0 aliphatic heterocycles. The van der Waals surface area contributed by atoms with Crippen LogP contribution in [0.25, 0.3) is 0 Å². The molecule has 1 aliphatic carbocycles. The van der Waals surface area contributed by atoms with Gasteiger partial charge < -0.3 is 10.6 Å². The molecule has 5 nitrogen and oxygen atoms in total. The second-order valence-corrected chi connectivity index (χ2v) is 7.15. The van der Waals surface area contributed by atoms with Crippen LogP contribution in [0.5, 0.6) is 0 Å². The molecular formula is C14H23N3O2S. The number of nitrogen functional groups attached to an aromatic ring is 1. The molecule has 20 heavy (non-hydrogen) atoms. The van der Waals surface area contributed by atoms with Crippen LogP contribution in [-0.2, 0) is 10.0 Å². The maximum atomic E-state index is 11.8. The van der Waals surface area contributed by atoms with E-state index in [1.807, 2.05) is 6.07 Å². The first-order valence-electron chi connectivity index (χ1n) is 7.06. The number of benzene rings is 1. The van der Waals surface area contributed by atoms with E-state index in [9.17, 15) is 8.42 Å². The molecule has 0 spiro atoms. The first-order chi connectivity index (χ1) is 9.47. The lowest BCUT2D eigenvalue weighted by atomic mass is 9.85. The largest absolute Gasteiger partial charge is 0.397 e. The maximum absolute atomic E-state index is 11.8. The molecule has 3 N–H and O–H groups in total. The molecule has 1 aromatic rings. The van der Waals surface area contributed by atoms with Crippen LogP contribution < -0.4 is 15.4 Å². The fourth-order valence-electron chi connectivity index (χ4n) is 2.49. The van der Waals surface area contributed by atoms with Gasteiger partial charge in [0, 0.05) is 13.1 Å². The first kappa shape index (κ1) is 15.1. The number of sulfonamides is 1. The van der Waals surface area contributed by atoms with Gasteiger partial charge in [0.25, 0.3) is 0 Å². The van der Waals surface area contributed by atoms with Gasteiger partial charge in [-0.05, 0) is 50.9 Å². The molecule has 1 fully saturated rings. The molecule has 1 saturated carbocycles. The van der Waals surface area contributed by atoms with Crippen molar-refractivity contribution in [2.45, 2.75) is 31.1 Å². The highest BCUT2D eigenvalue weighted by Gasteiger charge is 2.22. The zero-order chi connectivity index (χ0) is 14.8. The molecule has 0 unspecified atom stereocenters. The summed E-state index contributed by atoms with van der Waals surface area (Å²) in [6, 6.07) is 4.95. The van der Waals surface area contributed by atoms with E-state index >= 15 is 0 Å². The number of nitrogens with zero attached hydrogens (tertiary/aromatic N) is 1. The standard InChI is InChI=1S/C14H23N3O2S/c1-3-17(10-11-5-4-6-11)14-8-7-12(9-13(14)15)20(18,19)16-2/h7-9,11,16H,3-6,10,15H2,1-2H3. The molecule has 6 heteroatoms. The van der Waals surface area contributed by atoms with Crippen molar-refractivity contribution in [3.05, 3.63) is 18.2 Å². The Labute approximate surface area is 121 Å². The number of nitrogens with one attached hydrogen (secondary N) is 1. The minimum Gasteiger partial charge on any atom is -0.397 e.